The number of sulfone groups is 1. The van der Waals surface area contributed by atoms with Crippen LogP contribution in [-0.4, -0.2) is 43.3 Å². The highest BCUT2D eigenvalue weighted by molar-refractivity contribution is 7.91. The average Bonchev–Trinajstić information content (AvgIpc) is 3.00. The Morgan fingerprint density at radius 1 is 1.08 bits per heavy atom. The minimum absolute atomic E-state index is 0.0634. The van der Waals surface area contributed by atoms with Gasteiger partial charge in [-0.25, -0.2) is 8.42 Å². The SMILES string of the molecule is CCCN(C(=O)c1ccc(Oc2ccccc2)cc1)[C@H]1CCS(=O)(=O)C1. The van der Waals surface area contributed by atoms with Crippen LogP contribution in [0.2, 0.25) is 0 Å². The van der Waals surface area contributed by atoms with Gasteiger partial charge in [-0.2, -0.15) is 0 Å². The van der Waals surface area contributed by atoms with Gasteiger partial charge in [-0.15, -0.1) is 0 Å². The lowest BCUT2D eigenvalue weighted by atomic mass is 10.1. The number of benzene rings is 2. The third-order valence-corrected chi connectivity index (χ3v) is 6.21. The Morgan fingerprint density at radius 2 is 1.73 bits per heavy atom. The fourth-order valence-electron chi connectivity index (χ4n) is 3.17. The maximum atomic E-state index is 12.9. The monoisotopic (exact) mass is 373 g/mol. The lowest BCUT2D eigenvalue weighted by Gasteiger charge is -2.28. The molecule has 26 heavy (non-hydrogen) atoms. The van der Waals surface area contributed by atoms with Crippen LogP contribution in [0.25, 0.3) is 0 Å². The molecular formula is C20H23NO4S. The summed E-state index contributed by atoms with van der Waals surface area (Å²) in [6, 6.07) is 16.2. The maximum Gasteiger partial charge on any atom is 0.254 e. The molecule has 1 saturated heterocycles. The zero-order chi connectivity index (χ0) is 18.6. The van der Waals surface area contributed by atoms with Crippen LogP contribution in [-0.2, 0) is 9.84 Å². The number of rotatable bonds is 6. The van der Waals surface area contributed by atoms with Crippen LogP contribution in [0.15, 0.2) is 54.6 Å². The molecule has 6 heteroatoms. The first-order valence-corrected chi connectivity index (χ1v) is 10.6. The number of carbonyl (C=O) groups is 1. The molecule has 2 aromatic carbocycles. The van der Waals surface area contributed by atoms with Crippen molar-refractivity contribution in [2.75, 3.05) is 18.1 Å². The van der Waals surface area contributed by atoms with Gasteiger partial charge in [0.2, 0.25) is 0 Å². The molecule has 0 unspecified atom stereocenters. The Kier molecular flexibility index (Phi) is 5.61. The third kappa shape index (κ3) is 4.43. The largest absolute Gasteiger partial charge is 0.457 e. The van der Waals surface area contributed by atoms with Crippen molar-refractivity contribution in [1.29, 1.82) is 0 Å². The van der Waals surface area contributed by atoms with Crippen molar-refractivity contribution in [2.24, 2.45) is 0 Å². The Labute approximate surface area is 154 Å². The first kappa shape index (κ1) is 18.5. The smallest absolute Gasteiger partial charge is 0.254 e. The van der Waals surface area contributed by atoms with E-state index in [1.54, 1.807) is 29.2 Å². The van der Waals surface area contributed by atoms with E-state index in [4.69, 9.17) is 4.74 Å². The molecule has 0 aliphatic carbocycles. The van der Waals surface area contributed by atoms with E-state index in [-0.39, 0.29) is 23.5 Å². The van der Waals surface area contributed by atoms with Crippen LogP contribution in [0.1, 0.15) is 30.1 Å². The van der Waals surface area contributed by atoms with Gasteiger partial charge in [0.05, 0.1) is 11.5 Å². The molecule has 1 amide bonds. The van der Waals surface area contributed by atoms with Gasteiger partial charge in [0.15, 0.2) is 9.84 Å². The molecule has 1 fully saturated rings. The van der Waals surface area contributed by atoms with Crippen molar-refractivity contribution in [3.8, 4) is 11.5 Å². The van der Waals surface area contributed by atoms with Crippen LogP contribution >= 0.6 is 0 Å². The fraction of sp³-hybridized carbons (Fsp3) is 0.350. The average molecular weight is 373 g/mol. The summed E-state index contributed by atoms with van der Waals surface area (Å²) < 4.78 is 29.3. The van der Waals surface area contributed by atoms with E-state index in [9.17, 15) is 13.2 Å². The topological polar surface area (TPSA) is 63.7 Å². The van der Waals surface area contributed by atoms with Gasteiger partial charge in [-0.1, -0.05) is 25.1 Å². The lowest BCUT2D eigenvalue weighted by molar-refractivity contribution is 0.0697. The number of para-hydroxylation sites is 1. The van der Waals surface area contributed by atoms with Crippen molar-refractivity contribution in [1.82, 2.24) is 4.90 Å². The second-order valence-electron chi connectivity index (χ2n) is 6.49. The number of amides is 1. The summed E-state index contributed by atoms with van der Waals surface area (Å²) in [7, 11) is -3.03. The number of nitrogens with zero attached hydrogens (tertiary/aromatic N) is 1. The number of hydrogen-bond acceptors (Lipinski definition) is 4. The quantitative estimate of drug-likeness (QED) is 0.777. The third-order valence-electron chi connectivity index (χ3n) is 4.45. The maximum absolute atomic E-state index is 12.9. The minimum atomic E-state index is -3.03. The van der Waals surface area contributed by atoms with Crippen molar-refractivity contribution in [2.45, 2.75) is 25.8 Å². The first-order chi connectivity index (χ1) is 12.5. The zero-order valence-corrected chi connectivity index (χ0v) is 15.6. The second-order valence-corrected chi connectivity index (χ2v) is 8.72. The summed E-state index contributed by atoms with van der Waals surface area (Å²) >= 11 is 0. The molecule has 0 aromatic heterocycles. The van der Waals surface area contributed by atoms with Crippen molar-refractivity contribution in [3.63, 3.8) is 0 Å². The first-order valence-electron chi connectivity index (χ1n) is 8.83. The van der Waals surface area contributed by atoms with E-state index in [1.807, 2.05) is 37.3 Å². The predicted molar refractivity (Wildman–Crippen MR) is 101 cm³/mol. The van der Waals surface area contributed by atoms with Gasteiger partial charge < -0.3 is 9.64 Å². The Hall–Kier alpha value is -2.34. The standard InChI is InChI=1S/C20H23NO4S/c1-2-13-21(17-12-14-26(23,24)15-17)20(22)16-8-10-19(11-9-16)25-18-6-4-3-5-7-18/h3-11,17H,2,12-15H2,1H3/t17-/m0/s1. The molecule has 0 saturated carbocycles. The molecule has 3 rings (SSSR count). The normalized spacial score (nSPS) is 18.4. The highest BCUT2D eigenvalue weighted by Crippen LogP contribution is 2.24. The molecule has 1 aliphatic heterocycles. The highest BCUT2D eigenvalue weighted by Gasteiger charge is 2.34. The van der Waals surface area contributed by atoms with Gasteiger partial charge >= 0.3 is 0 Å². The van der Waals surface area contributed by atoms with Gasteiger partial charge in [0.25, 0.3) is 5.91 Å². The summed E-state index contributed by atoms with van der Waals surface area (Å²) in [5.41, 5.74) is 0.545. The van der Waals surface area contributed by atoms with E-state index in [1.165, 1.54) is 0 Å². The van der Waals surface area contributed by atoms with E-state index >= 15 is 0 Å². The van der Waals surface area contributed by atoms with Gasteiger partial charge in [-0.05, 0) is 49.2 Å². The Morgan fingerprint density at radius 3 is 2.31 bits per heavy atom. The molecule has 2 aromatic rings. The van der Waals surface area contributed by atoms with E-state index in [0.717, 1.165) is 12.2 Å². The van der Waals surface area contributed by atoms with Crippen LogP contribution in [0.4, 0.5) is 0 Å². The predicted octanol–water partition coefficient (Wildman–Crippen LogP) is 3.52. The van der Waals surface area contributed by atoms with Gasteiger partial charge in [0.1, 0.15) is 11.5 Å². The molecule has 0 spiro atoms. The van der Waals surface area contributed by atoms with Gasteiger partial charge in [0, 0.05) is 18.2 Å². The Balaban J connectivity index is 1.73. The summed E-state index contributed by atoms with van der Waals surface area (Å²) in [6.45, 7) is 2.54. The molecule has 1 heterocycles. The number of ether oxygens (including phenoxy) is 1. The molecular weight excluding hydrogens is 350 g/mol. The summed E-state index contributed by atoms with van der Waals surface area (Å²) in [4.78, 5) is 14.6. The molecule has 1 atom stereocenters. The molecule has 0 N–H and O–H groups in total. The van der Waals surface area contributed by atoms with Crippen molar-refractivity contribution in [3.05, 3.63) is 60.2 Å². The van der Waals surface area contributed by atoms with Crippen LogP contribution in [0, 0.1) is 0 Å². The zero-order valence-electron chi connectivity index (χ0n) is 14.8. The summed E-state index contributed by atoms with van der Waals surface area (Å²) in [6.07, 6.45) is 1.31. The number of hydrogen-bond donors (Lipinski definition) is 0. The molecule has 0 radical (unpaired) electrons. The minimum Gasteiger partial charge on any atom is -0.457 e. The molecule has 0 bridgehead atoms. The summed E-state index contributed by atoms with van der Waals surface area (Å²) in [5, 5.41) is 0. The molecule has 138 valence electrons. The van der Waals surface area contributed by atoms with E-state index in [2.05, 4.69) is 0 Å². The van der Waals surface area contributed by atoms with E-state index in [0.29, 0.717) is 24.3 Å². The molecule has 1 aliphatic rings. The van der Waals surface area contributed by atoms with Crippen molar-refractivity contribution < 1.29 is 17.9 Å². The van der Waals surface area contributed by atoms with Crippen LogP contribution in [0.3, 0.4) is 0 Å². The van der Waals surface area contributed by atoms with Crippen LogP contribution in [0.5, 0.6) is 11.5 Å². The Bertz CT molecular complexity index is 847. The van der Waals surface area contributed by atoms with Crippen LogP contribution < -0.4 is 4.74 Å². The van der Waals surface area contributed by atoms with Crippen molar-refractivity contribution >= 4 is 15.7 Å². The second kappa shape index (κ2) is 7.91. The van der Waals surface area contributed by atoms with Gasteiger partial charge in [-0.3, -0.25) is 4.79 Å². The highest BCUT2D eigenvalue weighted by atomic mass is 32.2. The number of carbonyl (C=O) groups excluding carboxylic acids is 1. The summed E-state index contributed by atoms with van der Waals surface area (Å²) in [5.74, 6) is 1.48. The van der Waals surface area contributed by atoms with E-state index < -0.39 is 9.84 Å². The molecule has 5 nitrogen and oxygen atoms in total. The fourth-order valence-corrected chi connectivity index (χ4v) is 4.90. The lowest BCUT2D eigenvalue weighted by Crippen LogP contribution is -2.41.